The van der Waals surface area contributed by atoms with Crippen LogP contribution in [0.4, 0.5) is 11.6 Å². The lowest BCUT2D eigenvalue weighted by Crippen LogP contribution is -2.54. The van der Waals surface area contributed by atoms with Crippen molar-refractivity contribution in [3.8, 4) is 0 Å². The van der Waals surface area contributed by atoms with Crippen LogP contribution >= 0.6 is 0 Å². The molecule has 17 heteroatoms. The summed E-state index contributed by atoms with van der Waals surface area (Å²) < 4.78 is 35.0. The van der Waals surface area contributed by atoms with Gasteiger partial charge in [0.1, 0.15) is 47.3 Å². The minimum Gasteiger partial charge on any atom is -0.408 e. The lowest BCUT2D eigenvalue weighted by atomic mass is 9.83. The Morgan fingerprint density at radius 2 is 1.14 bits per heavy atom. The van der Waals surface area contributed by atoms with Gasteiger partial charge in [0.2, 0.25) is 0 Å². The third-order valence-corrected chi connectivity index (χ3v) is 19.8. The van der Waals surface area contributed by atoms with Crippen molar-refractivity contribution in [3.63, 3.8) is 0 Å². The van der Waals surface area contributed by atoms with Crippen LogP contribution in [0.5, 0.6) is 0 Å². The van der Waals surface area contributed by atoms with Crippen molar-refractivity contribution in [1.29, 1.82) is 0 Å². The molecular formula is C48H60N6O10Si. The summed E-state index contributed by atoms with van der Waals surface area (Å²) in [6.07, 6.45) is 3.89. The van der Waals surface area contributed by atoms with E-state index in [4.69, 9.17) is 23.4 Å². The molecular weight excluding hydrogens is 849 g/mol. The van der Waals surface area contributed by atoms with Crippen molar-refractivity contribution < 1.29 is 38.1 Å². The third-order valence-electron chi connectivity index (χ3n) is 15.4. The van der Waals surface area contributed by atoms with Gasteiger partial charge in [-0.25, -0.2) is 9.59 Å². The minimum absolute atomic E-state index is 0.0315. The average molecular weight is 909 g/mol. The van der Waals surface area contributed by atoms with Crippen LogP contribution < -0.4 is 22.0 Å². The Morgan fingerprint density at radius 1 is 0.723 bits per heavy atom. The highest BCUT2D eigenvalue weighted by Gasteiger charge is 2.74. The summed E-state index contributed by atoms with van der Waals surface area (Å²) in [4.78, 5) is 59.2. The molecule has 10 rings (SSSR count). The van der Waals surface area contributed by atoms with Crippen molar-refractivity contribution in [3.05, 3.63) is 116 Å². The number of ether oxygens (including phenoxy) is 4. The highest BCUT2D eigenvalue weighted by atomic mass is 28.4. The van der Waals surface area contributed by atoms with Gasteiger partial charge in [-0.3, -0.25) is 18.7 Å². The zero-order chi connectivity index (χ0) is 46.5. The van der Waals surface area contributed by atoms with Crippen LogP contribution in [0.2, 0.25) is 18.1 Å². The number of aliphatic hydroxyl groups is 1. The maximum Gasteiger partial charge on any atom is 0.351 e. The number of fused-ring (bicyclic) bond motifs is 4. The van der Waals surface area contributed by atoms with Crippen LogP contribution in [-0.2, 0) is 23.4 Å². The zero-order valence-electron chi connectivity index (χ0n) is 38.5. The van der Waals surface area contributed by atoms with Gasteiger partial charge in [0.25, 0.3) is 11.8 Å². The zero-order valence-corrected chi connectivity index (χ0v) is 39.5. The van der Waals surface area contributed by atoms with E-state index in [9.17, 15) is 24.3 Å². The predicted molar refractivity (Wildman–Crippen MR) is 243 cm³/mol. The first kappa shape index (κ1) is 45.3. The van der Waals surface area contributed by atoms with Crippen LogP contribution in [0.15, 0.2) is 82.6 Å². The predicted octanol–water partition coefficient (Wildman–Crippen LogP) is 6.29. The van der Waals surface area contributed by atoms with Gasteiger partial charge in [-0.05, 0) is 81.9 Å². The van der Waals surface area contributed by atoms with Crippen molar-refractivity contribution in [2.75, 3.05) is 23.8 Å². The molecule has 6 aliphatic rings. The summed E-state index contributed by atoms with van der Waals surface area (Å²) in [5.41, 5.74) is -0.356. The fourth-order valence-corrected chi connectivity index (χ4v) is 10.8. The van der Waals surface area contributed by atoms with Gasteiger partial charge in [-0.15, -0.1) is 0 Å². The van der Waals surface area contributed by atoms with E-state index in [-0.39, 0.29) is 45.4 Å². The first-order valence-corrected chi connectivity index (χ1v) is 25.4. The molecule has 0 spiro atoms. The topological polar surface area (TPSA) is 194 Å². The van der Waals surface area contributed by atoms with E-state index in [1.807, 2.05) is 19.1 Å². The molecule has 6 fully saturated rings. The molecule has 8 atom stereocenters. The Morgan fingerprint density at radius 3 is 1.60 bits per heavy atom. The molecule has 2 aromatic heterocycles. The van der Waals surface area contributed by atoms with Gasteiger partial charge < -0.3 is 39.1 Å². The standard InChI is InChI=1S/C27H37N3O5Si.C21H23N3O5/c1-17-15-30(24(32)29-21(17)28-22(31)18-11-9-8-10-12-18)23-19-20(35-36(6,7)25(2,3)4)27(34-23,16-33-19)26(5)13-14-26;1-12-10-24(18-14-15(25)21(29-18,11-28-14)20(2)8-9-20)19(27)23-16(12)22-17(26)13-6-4-3-5-7-13/h8-12,15,19-20,23H,13-14,16H2,1-7H3,(H,28,29,31,32);3-7,10,14-15,18,25H,8-9,11H2,1-2H3,(H,22,23,26,27)/t19-,20?,23+,27-;14-,15?,18+,21-/m00/s1. The van der Waals surface area contributed by atoms with E-state index in [1.54, 1.807) is 67.8 Å². The summed E-state index contributed by atoms with van der Waals surface area (Å²) >= 11 is 0. The number of hydrogen-bond acceptors (Lipinski definition) is 12. The molecule has 2 aliphatic carbocycles. The molecule has 2 amide bonds. The van der Waals surface area contributed by atoms with Gasteiger partial charge >= 0.3 is 11.4 Å². The summed E-state index contributed by atoms with van der Waals surface area (Å²) in [5.74, 6) is -0.207. The SMILES string of the molecule is Cc1cn([C@@H]2O[C@@]3(C4(C)CC4)CO[C@H]2C3O)c(=O)nc1NC(=O)c1ccccc1.Cc1cn([C@@H]2O[C@@]3(C4(C)CC4)CO[C@H]2C3O[Si](C)(C)C(C)(C)C)c(=O)nc1NC(=O)c1ccccc1. The highest BCUT2D eigenvalue weighted by molar-refractivity contribution is 6.74. The van der Waals surface area contributed by atoms with Crippen LogP contribution in [-0.4, -0.2) is 93.2 Å². The number of amides is 2. The monoisotopic (exact) mass is 908 g/mol. The van der Waals surface area contributed by atoms with Gasteiger partial charge in [0.15, 0.2) is 20.8 Å². The van der Waals surface area contributed by atoms with E-state index in [0.29, 0.717) is 35.5 Å². The van der Waals surface area contributed by atoms with E-state index in [1.165, 1.54) is 9.13 Å². The summed E-state index contributed by atoms with van der Waals surface area (Å²) in [6, 6.07) is 17.6. The molecule has 4 aliphatic heterocycles. The normalized spacial score (nSPS) is 30.1. The summed E-state index contributed by atoms with van der Waals surface area (Å²) in [6.45, 7) is 19.8. The quantitative estimate of drug-likeness (QED) is 0.151. The Kier molecular flexibility index (Phi) is 11.1. The Labute approximate surface area is 379 Å². The third kappa shape index (κ3) is 7.62. The molecule has 65 heavy (non-hydrogen) atoms. The molecule has 6 heterocycles. The van der Waals surface area contributed by atoms with Crippen molar-refractivity contribution in [2.45, 2.75) is 140 Å². The smallest absolute Gasteiger partial charge is 0.351 e. The number of aromatic nitrogens is 4. The second-order valence-corrected chi connectivity index (χ2v) is 25.5. The fraction of sp³-hybridized carbons (Fsp3) is 0.542. The second kappa shape index (κ2) is 15.9. The van der Waals surface area contributed by atoms with Crippen molar-refractivity contribution in [2.24, 2.45) is 10.8 Å². The molecule has 4 bridgehead atoms. The van der Waals surface area contributed by atoms with E-state index in [0.717, 1.165) is 25.7 Å². The molecule has 3 N–H and O–H groups in total. The summed E-state index contributed by atoms with van der Waals surface area (Å²) in [7, 11) is -2.14. The number of nitrogens with one attached hydrogen (secondary N) is 2. The van der Waals surface area contributed by atoms with Crippen molar-refractivity contribution in [1.82, 2.24) is 19.1 Å². The van der Waals surface area contributed by atoms with E-state index < -0.39 is 61.7 Å². The minimum atomic E-state index is -2.14. The number of carbonyl (C=O) groups excluding carboxylic acids is 2. The van der Waals surface area contributed by atoms with Crippen LogP contribution in [0, 0.1) is 24.7 Å². The number of hydrogen-bond donors (Lipinski definition) is 3. The molecule has 2 aromatic carbocycles. The van der Waals surface area contributed by atoms with Gasteiger partial charge in [0.05, 0.1) is 13.2 Å². The lowest BCUT2D eigenvalue weighted by molar-refractivity contribution is -0.198. The molecule has 16 nitrogen and oxygen atoms in total. The maximum atomic E-state index is 13.2. The number of aliphatic hydroxyl groups excluding tert-OH is 1. The average Bonchev–Trinajstić information content (AvgIpc) is 4.09. The Hall–Kier alpha value is -4.88. The van der Waals surface area contributed by atoms with Crippen molar-refractivity contribution >= 4 is 31.8 Å². The van der Waals surface area contributed by atoms with Crippen LogP contribution in [0.1, 0.15) is 105 Å². The molecule has 346 valence electrons. The fourth-order valence-electron chi connectivity index (χ4n) is 9.49. The van der Waals surface area contributed by atoms with E-state index >= 15 is 0 Å². The molecule has 0 radical (unpaired) electrons. The number of rotatable bonds is 10. The molecule has 2 unspecified atom stereocenters. The Balaban J connectivity index is 0.000000168. The first-order chi connectivity index (χ1) is 30.6. The number of benzene rings is 2. The van der Waals surface area contributed by atoms with Gasteiger partial charge in [0, 0.05) is 45.5 Å². The molecule has 4 saturated heterocycles. The largest absolute Gasteiger partial charge is 0.408 e. The first-order valence-electron chi connectivity index (χ1n) is 22.5. The number of carbonyl (C=O) groups is 2. The number of anilines is 2. The lowest BCUT2D eigenvalue weighted by Gasteiger charge is -2.43. The number of nitrogens with zero attached hydrogens (tertiary/aromatic N) is 4. The van der Waals surface area contributed by atoms with Gasteiger partial charge in [-0.1, -0.05) is 71.0 Å². The number of aryl methyl sites for hydroxylation is 2. The van der Waals surface area contributed by atoms with Gasteiger partial charge in [-0.2, -0.15) is 9.97 Å². The highest BCUT2D eigenvalue weighted by Crippen LogP contribution is 2.66. The summed E-state index contributed by atoms with van der Waals surface area (Å²) in [5, 5.41) is 16.3. The van der Waals surface area contributed by atoms with Crippen LogP contribution in [0.25, 0.3) is 0 Å². The Bertz CT molecular complexity index is 2630. The molecule has 4 aromatic rings. The van der Waals surface area contributed by atoms with Crippen LogP contribution in [0.3, 0.4) is 0 Å². The second-order valence-electron chi connectivity index (χ2n) is 20.8. The maximum absolute atomic E-state index is 13.2. The van der Waals surface area contributed by atoms with E-state index in [2.05, 4.69) is 68.3 Å². The molecule has 2 saturated carbocycles.